The van der Waals surface area contributed by atoms with Crippen LogP contribution in [0.25, 0.3) is 0 Å². The minimum atomic E-state index is -0.252. The number of aryl methyl sites for hydroxylation is 1. The maximum absolute atomic E-state index is 11.6. The van der Waals surface area contributed by atoms with E-state index in [1.165, 1.54) is 11.3 Å². The third-order valence-electron chi connectivity index (χ3n) is 2.88. The minimum Gasteiger partial charge on any atom is -0.379 e. The largest absolute Gasteiger partial charge is 0.379 e. The molecule has 0 radical (unpaired) electrons. The molecule has 0 spiro atoms. The van der Waals surface area contributed by atoms with Gasteiger partial charge in [-0.15, -0.1) is 11.3 Å². The summed E-state index contributed by atoms with van der Waals surface area (Å²) < 4.78 is 5.30. The molecule has 1 aromatic rings. The van der Waals surface area contributed by atoms with Crippen molar-refractivity contribution in [2.24, 2.45) is 5.84 Å². The van der Waals surface area contributed by atoms with Crippen molar-refractivity contribution in [2.45, 2.75) is 19.9 Å². The third-order valence-corrected chi connectivity index (χ3v) is 3.96. The van der Waals surface area contributed by atoms with E-state index < -0.39 is 0 Å². The van der Waals surface area contributed by atoms with Gasteiger partial charge in [0.1, 0.15) is 9.88 Å². The Balaban J connectivity index is 2.08. The van der Waals surface area contributed by atoms with E-state index in [2.05, 4.69) is 15.3 Å². The monoisotopic (exact) mass is 270 g/mol. The molecule has 2 rings (SSSR count). The summed E-state index contributed by atoms with van der Waals surface area (Å²) in [5.41, 5.74) is 3.00. The fraction of sp³-hybridized carbons (Fsp3) is 0.636. The lowest BCUT2D eigenvalue weighted by Gasteiger charge is -2.25. The lowest BCUT2D eigenvalue weighted by Crippen LogP contribution is -2.35. The summed E-state index contributed by atoms with van der Waals surface area (Å²) in [5, 5.41) is 0.965. The molecule has 1 amide bonds. The summed E-state index contributed by atoms with van der Waals surface area (Å²) in [4.78, 5) is 19.0. The van der Waals surface area contributed by atoms with Gasteiger partial charge in [0, 0.05) is 13.1 Å². The molecule has 7 heteroatoms. The van der Waals surface area contributed by atoms with Gasteiger partial charge in [0.25, 0.3) is 5.91 Å². The first-order valence-corrected chi connectivity index (χ1v) is 6.86. The number of ether oxygens (including phenoxy) is 1. The Morgan fingerprint density at radius 1 is 1.56 bits per heavy atom. The molecule has 1 fully saturated rings. The first-order chi connectivity index (χ1) is 8.74. The SMILES string of the molecule is CCc1nc(CN2CCOCC2)sc1C(=O)NN. The smallest absolute Gasteiger partial charge is 0.277 e. The van der Waals surface area contributed by atoms with Gasteiger partial charge in [0.05, 0.1) is 25.5 Å². The number of hydrazine groups is 1. The van der Waals surface area contributed by atoms with Crippen LogP contribution in [0.3, 0.4) is 0 Å². The van der Waals surface area contributed by atoms with E-state index in [0.717, 1.165) is 50.0 Å². The number of thiazole rings is 1. The molecule has 18 heavy (non-hydrogen) atoms. The summed E-state index contributed by atoms with van der Waals surface area (Å²) >= 11 is 1.42. The molecule has 1 aliphatic rings. The fourth-order valence-electron chi connectivity index (χ4n) is 1.90. The molecule has 0 bridgehead atoms. The average molecular weight is 270 g/mol. The van der Waals surface area contributed by atoms with Gasteiger partial charge in [0.2, 0.25) is 0 Å². The van der Waals surface area contributed by atoms with Gasteiger partial charge in [-0.3, -0.25) is 15.1 Å². The summed E-state index contributed by atoms with van der Waals surface area (Å²) in [6.07, 6.45) is 0.738. The molecule has 3 N–H and O–H groups in total. The predicted octanol–water partition coefficient (Wildman–Crippen LogP) is 0.141. The van der Waals surface area contributed by atoms with Crippen LogP contribution in [-0.2, 0) is 17.7 Å². The molecular weight excluding hydrogens is 252 g/mol. The Morgan fingerprint density at radius 3 is 2.89 bits per heavy atom. The van der Waals surface area contributed by atoms with Crippen molar-refractivity contribution < 1.29 is 9.53 Å². The number of nitrogens with two attached hydrogens (primary N) is 1. The number of morpholine rings is 1. The Kier molecular flexibility index (Phi) is 4.65. The van der Waals surface area contributed by atoms with E-state index in [1.54, 1.807) is 0 Å². The number of nitrogens with one attached hydrogen (secondary N) is 1. The number of aromatic nitrogens is 1. The van der Waals surface area contributed by atoms with Crippen LogP contribution in [0.15, 0.2) is 0 Å². The zero-order chi connectivity index (χ0) is 13.0. The second-order valence-corrected chi connectivity index (χ2v) is 5.18. The third kappa shape index (κ3) is 3.05. The van der Waals surface area contributed by atoms with Gasteiger partial charge in [-0.25, -0.2) is 10.8 Å². The number of nitrogens with zero attached hydrogens (tertiary/aromatic N) is 2. The molecule has 1 aromatic heterocycles. The summed E-state index contributed by atoms with van der Waals surface area (Å²) in [6.45, 7) is 6.13. The van der Waals surface area contributed by atoms with Crippen molar-refractivity contribution in [2.75, 3.05) is 26.3 Å². The Morgan fingerprint density at radius 2 is 2.28 bits per heavy atom. The van der Waals surface area contributed by atoms with Crippen molar-refractivity contribution in [3.8, 4) is 0 Å². The van der Waals surface area contributed by atoms with E-state index in [0.29, 0.717) is 4.88 Å². The van der Waals surface area contributed by atoms with Crippen molar-refractivity contribution in [3.63, 3.8) is 0 Å². The normalized spacial score (nSPS) is 16.8. The second kappa shape index (κ2) is 6.24. The topological polar surface area (TPSA) is 80.5 Å². The maximum atomic E-state index is 11.6. The van der Waals surface area contributed by atoms with E-state index >= 15 is 0 Å². The number of nitrogen functional groups attached to an aromatic ring is 1. The van der Waals surface area contributed by atoms with Crippen LogP contribution in [-0.4, -0.2) is 42.1 Å². The first kappa shape index (κ1) is 13.4. The molecule has 6 nitrogen and oxygen atoms in total. The van der Waals surface area contributed by atoms with Gasteiger partial charge in [0.15, 0.2) is 0 Å². The molecule has 0 unspecified atom stereocenters. The fourth-order valence-corrected chi connectivity index (χ4v) is 3.00. The number of hydrogen-bond acceptors (Lipinski definition) is 6. The quantitative estimate of drug-likeness (QED) is 0.462. The van der Waals surface area contributed by atoms with Crippen molar-refractivity contribution in [1.82, 2.24) is 15.3 Å². The highest BCUT2D eigenvalue weighted by Crippen LogP contribution is 2.20. The predicted molar refractivity (Wildman–Crippen MR) is 69.2 cm³/mol. The van der Waals surface area contributed by atoms with Gasteiger partial charge in [-0.1, -0.05) is 6.92 Å². The van der Waals surface area contributed by atoms with Crippen molar-refractivity contribution >= 4 is 17.2 Å². The van der Waals surface area contributed by atoms with Gasteiger partial charge in [-0.2, -0.15) is 0 Å². The lowest BCUT2D eigenvalue weighted by molar-refractivity contribution is 0.0341. The molecule has 2 heterocycles. The number of amides is 1. The number of hydrogen-bond donors (Lipinski definition) is 2. The molecular formula is C11H18N4O2S. The van der Waals surface area contributed by atoms with Crippen LogP contribution in [0.5, 0.6) is 0 Å². The molecule has 100 valence electrons. The molecule has 1 aliphatic heterocycles. The van der Waals surface area contributed by atoms with Crippen LogP contribution < -0.4 is 11.3 Å². The average Bonchev–Trinajstić information content (AvgIpc) is 2.82. The molecule has 0 aromatic carbocycles. The highest BCUT2D eigenvalue weighted by atomic mass is 32.1. The van der Waals surface area contributed by atoms with Crippen molar-refractivity contribution in [3.05, 3.63) is 15.6 Å². The molecule has 1 saturated heterocycles. The number of carbonyl (C=O) groups is 1. The van der Waals surface area contributed by atoms with Crippen LogP contribution in [0.2, 0.25) is 0 Å². The molecule has 0 atom stereocenters. The number of carbonyl (C=O) groups excluding carboxylic acids is 1. The van der Waals surface area contributed by atoms with Gasteiger partial charge >= 0.3 is 0 Å². The van der Waals surface area contributed by atoms with E-state index in [9.17, 15) is 4.79 Å². The minimum absolute atomic E-state index is 0.252. The zero-order valence-corrected chi connectivity index (χ0v) is 11.3. The van der Waals surface area contributed by atoms with Crippen LogP contribution in [0, 0.1) is 0 Å². The number of rotatable bonds is 4. The Labute approximate surface area is 110 Å². The Bertz CT molecular complexity index is 415. The lowest BCUT2D eigenvalue weighted by atomic mass is 10.3. The summed E-state index contributed by atoms with van der Waals surface area (Å²) in [6, 6.07) is 0. The van der Waals surface area contributed by atoms with E-state index in [-0.39, 0.29) is 5.91 Å². The van der Waals surface area contributed by atoms with Crippen molar-refractivity contribution in [1.29, 1.82) is 0 Å². The first-order valence-electron chi connectivity index (χ1n) is 6.04. The zero-order valence-electron chi connectivity index (χ0n) is 10.4. The van der Waals surface area contributed by atoms with E-state index in [1.807, 2.05) is 6.92 Å². The van der Waals surface area contributed by atoms with Gasteiger partial charge in [-0.05, 0) is 6.42 Å². The van der Waals surface area contributed by atoms with E-state index in [4.69, 9.17) is 10.6 Å². The molecule has 0 saturated carbocycles. The van der Waals surface area contributed by atoms with Crippen LogP contribution >= 0.6 is 11.3 Å². The highest BCUT2D eigenvalue weighted by Gasteiger charge is 2.18. The maximum Gasteiger partial charge on any atom is 0.277 e. The van der Waals surface area contributed by atoms with Gasteiger partial charge < -0.3 is 4.74 Å². The second-order valence-electron chi connectivity index (χ2n) is 4.10. The van der Waals surface area contributed by atoms with Crippen LogP contribution in [0.1, 0.15) is 27.3 Å². The Hall–Kier alpha value is -1.02. The summed E-state index contributed by atoms with van der Waals surface area (Å²) in [7, 11) is 0. The molecule has 0 aliphatic carbocycles. The summed E-state index contributed by atoms with van der Waals surface area (Å²) in [5.74, 6) is 4.92. The van der Waals surface area contributed by atoms with Crippen LogP contribution in [0.4, 0.5) is 0 Å². The highest BCUT2D eigenvalue weighted by molar-refractivity contribution is 7.13. The standard InChI is InChI=1S/C11H18N4O2S/c1-2-8-10(11(16)14-12)18-9(13-8)7-15-3-5-17-6-4-15/h2-7,12H2,1H3,(H,14,16).